The fourth-order valence-electron chi connectivity index (χ4n) is 2.80. The third-order valence-corrected chi connectivity index (χ3v) is 4.08. The molecule has 6 nitrogen and oxygen atoms in total. The smallest absolute Gasteiger partial charge is 0.278 e. The lowest BCUT2D eigenvalue weighted by atomic mass is 10.2. The van der Waals surface area contributed by atoms with Gasteiger partial charge >= 0.3 is 0 Å². The zero-order valence-corrected chi connectivity index (χ0v) is 15.4. The summed E-state index contributed by atoms with van der Waals surface area (Å²) in [4.78, 5) is 13.8. The number of amides is 1. The first-order chi connectivity index (χ1) is 12.8. The molecule has 0 fully saturated rings. The normalized spacial score (nSPS) is 10.7. The van der Waals surface area contributed by atoms with Crippen LogP contribution in [-0.2, 0) is 0 Å². The molecule has 0 saturated heterocycles. The topological polar surface area (TPSA) is 63.1 Å². The number of carbonyl (C=O) groups is 1. The molecule has 0 bridgehead atoms. The van der Waals surface area contributed by atoms with Crippen molar-refractivity contribution in [3.8, 4) is 5.69 Å². The lowest BCUT2D eigenvalue weighted by Gasteiger charge is -2.15. The first-order valence-electron chi connectivity index (χ1n) is 8.25. The molecule has 8 heteroatoms. The Morgan fingerprint density at radius 2 is 1.78 bits per heavy atom. The Morgan fingerprint density at radius 1 is 1.11 bits per heavy atom. The molecule has 0 spiro atoms. The van der Waals surface area contributed by atoms with E-state index in [0.717, 1.165) is 23.4 Å². The van der Waals surface area contributed by atoms with Crippen LogP contribution >= 0.6 is 0 Å². The highest BCUT2D eigenvalue weighted by atomic mass is 19.1. The number of aryl methyl sites for hydroxylation is 1. The van der Waals surface area contributed by atoms with Crippen LogP contribution < -0.4 is 10.2 Å². The van der Waals surface area contributed by atoms with E-state index in [1.165, 1.54) is 23.7 Å². The molecule has 0 aliphatic carbocycles. The van der Waals surface area contributed by atoms with Gasteiger partial charge in [-0.25, -0.2) is 13.5 Å². The number of hydrogen-bond acceptors (Lipinski definition) is 4. The van der Waals surface area contributed by atoms with Gasteiger partial charge in [0, 0.05) is 19.8 Å². The Balaban J connectivity index is 1.88. The number of nitrogens with zero attached hydrogens (tertiary/aromatic N) is 4. The molecular formula is C19H19F2N5O. The van der Waals surface area contributed by atoms with E-state index >= 15 is 0 Å². The first-order valence-corrected chi connectivity index (χ1v) is 8.25. The van der Waals surface area contributed by atoms with Gasteiger partial charge in [0.1, 0.15) is 5.69 Å². The summed E-state index contributed by atoms with van der Waals surface area (Å²) in [6, 6.07) is 9.72. The molecule has 3 rings (SSSR count). The van der Waals surface area contributed by atoms with Gasteiger partial charge < -0.3 is 10.2 Å². The van der Waals surface area contributed by atoms with E-state index in [2.05, 4.69) is 15.6 Å². The second-order valence-corrected chi connectivity index (χ2v) is 6.41. The maximum Gasteiger partial charge on any atom is 0.278 e. The number of halogens is 2. The van der Waals surface area contributed by atoms with E-state index in [9.17, 15) is 13.6 Å². The summed E-state index contributed by atoms with van der Waals surface area (Å²) in [5, 5.41) is 10.4. The predicted octanol–water partition coefficient (Wildman–Crippen LogP) is 3.48. The van der Waals surface area contributed by atoms with Crippen molar-refractivity contribution in [2.24, 2.45) is 0 Å². The van der Waals surface area contributed by atoms with E-state index in [1.807, 2.05) is 31.2 Å². The number of carbonyl (C=O) groups excluding carboxylic acids is 1. The molecule has 1 amide bonds. The zero-order valence-electron chi connectivity index (χ0n) is 15.4. The van der Waals surface area contributed by atoms with Gasteiger partial charge in [0.2, 0.25) is 0 Å². The molecule has 0 atom stereocenters. The maximum atomic E-state index is 14.1. The van der Waals surface area contributed by atoms with Crippen LogP contribution in [0.15, 0.2) is 36.4 Å². The number of hydrogen-bond donors (Lipinski definition) is 1. The van der Waals surface area contributed by atoms with Gasteiger partial charge in [-0.3, -0.25) is 4.79 Å². The van der Waals surface area contributed by atoms with E-state index in [4.69, 9.17) is 0 Å². The monoisotopic (exact) mass is 371 g/mol. The van der Waals surface area contributed by atoms with Crippen LogP contribution in [0.1, 0.15) is 21.7 Å². The summed E-state index contributed by atoms with van der Waals surface area (Å²) in [5.74, 6) is -2.13. The van der Waals surface area contributed by atoms with Crippen LogP contribution in [0, 0.1) is 25.5 Å². The van der Waals surface area contributed by atoms with Crippen molar-refractivity contribution >= 4 is 17.3 Å². The molecule has 0 aliphatic heterocycles. The average molecular weight is 371 g/mol. The number of benzene rings is 2. The fourth-order valence-corrected chi connectivity index (χ4v) is 2.80. The van der Waals surface area contributed by atoms with E-state index in [-0.39, 0.29) is 17.1 Å². The van der Waals surface area contributed by atoms with Crippen LogP contribution in [0.2, 0.25) is 0 Å². The summed E-state index contributed by atoms with van der Waals surface area (Å²) in [6.07, 6.45) is 0. The lowest BCUT2D eigenvalue weighted by molar-refractivity contribution is 0.102. The highest BCUT2D eigenvalue weighted by Crippen LogP contribution is 2.26. The van der Waals surface area contributed by atoms with Crippen molar-refractivity contribution in [2.45, 2.75) is 13.8 Å². The number of anilines is 2. The third kappa shape index (κ3) is 3.64. The van der Waals surface area contributed by atoms with Crippen LogP contribution in [0.25, 0.3) is 5.69 Å². The van der Waals surface area contributed by atoms with Gasteiger partial charge in [-0.2, -0.15) is 0 Å². The molecule has 27 heavy (non-hydrogen) atoms. The minimum absolute atomic E-state index is 0.00473. The molecule has 3 aromatic rings. The molecule has 0 radical (unpaired) electrons. The molecule has 1 heterocycles. The van der Waals surface area contributed by atoms with E-state index < -0.39 is 17.5 Å². The number of nitrogens with one attached hydrogen (secondary N) is 1. The minimum Gasteiger partial charge on any atom is -0.373 e. The van der Waals surface area contributed by atoms with Gasteiger partial charge in [-0.05, 0) is 43.7 Å². The highest BCUT2D eigenvalue weighted by Gasteiger charge is 2.19. The Hall–Kier alpha value is -3.29. The Bertz CT molecular complexity index is 990. The zero-order chi connectivity index (χ0) is 19.7. The Labute approximate surface area is 155 Å². The average Bonchev–Trinajstić information content (AvgIpc) is 2.95. The molecule has 1 N–H and O–H groups in total. The van der Waals surface area contributed by atoms with Crippen molar-refractivity contribution in [1.82, 2.24) is 15.0 Å². The van der Waals surface area contributed by atoms with Gasteiger partial charge in [-0.15, -0.1) is 5.10 Å². The molecule has 140 valence electrons. The Morgan fingerprint density at radius 3 is 2.37 bits per heavy atom. The number of rotatable bonds is 4. The van der Waals surface area contributed by atoms with Crippen molar-refractivity contribution in [3.05, 3.63) is 65.0 Å². The van der Waals surface area contributed by atoms with Crippen molar-refractivity contribution in [2.75, 3.05) is 24.3 Å². The van der Waals surface area contributed by atoms with Gasteiger partial charge in [0.05, 0.1) is 11.4 Å². The van der Waals surface area contributed by atoms with Crippen molar-refractivity contribution in [1.29, 1.82) is 0 Å². The van der Waals surface area contributed by atoms with Gasteiger partial charge in [0.25, 0.3) is 5.91 Å². The predicted molar refractivity (Wildman–Crippen MR) is 99.5 cm³/mol. The van der Waals surface area contributed by atoms with Crippen LogP contribution in [-0.4, -0.2) is 35.0 Å². The summed E-state index contributed by atoms with van der Waals surface area (Å²) >= 11 is 0. The molecular weight excluding hydrogens is 352 g/mol. The van der Waals surface area contributed by atoms with E-state index in [0.29, 0.717) is 5.69 Å². The second kappa shape index (κ2) is 7.14. The first kappa shape index (κ1) is 18.5. The summed E-state index contributed by atoms with van der Waals surface area (Å²) in [5.41, 5.74) is 2.24. The fraction of sp³-hybridized carbons (Fsp3) is 0.211. The Kier molecular flexibility index (Phi) is 4.89. The molecule has 0 aliphatic rings. The minimum atomic E-state index is -0.768. The van der Waals surface area contributed by atoms with E-state index in [1.54, 1.807) is 6.92 Å². The molecule has 2 aromatic carbocycles. The molecule has 0 unspecified atom stereocenters. The van der Waals surface area contributed by atoms with Gasteiger partial charge in [0.15, 0.2) is 17.3 Å². The van der Waals surface area contributed by atoms with Crippen molar-refractivity contribution in [3.63, 3.8) is 0 Å². The largest absolute Gasteiger partial charge is 0.373 e. The third-order valence-electron chi connectivity index (χ3n) is 4.08. The maximum absolute atomic E-state index is 14.1. The number of aromatic nitrogens is 3. The molecule has 0 saturated carbocycles. The second-order valence-electron chi connectivity index (χ2n) is 6.41. The highest BCUT2D eigenvalue weighted by molar-refractivity contribution is 6.03. The lowest BCUT2D eigenvalue weighted by Crippen LogP contribution is -2.16. The van der Waals surface area contributed by atoms with Gasteiger partial charge in [-0.1, -0.05) is 17.3 Å². The standard InChI is InChI=1S/C19H19F2N5O/c1-11-6-5-7-14(8-11)26-12(2)17(23-24-26)19(27)22-13-9-15(20)18(25(3)4)16(21)10-13/h5-10H,1-4H3,(H,22,27). The quantitative estimate of drug-likeness (QED) is 0.763. The van der Waals surface area contributed by atoms with Crippen LogP contribution in [0.3, 0.4) is 0 Å². The summed E-state index contributed by atoms with van der Waals surface area (Å²) in [7, 11) is 3.07. The summed E-state index contributed by atoms with van der Waals surface area (Å²) in [6.45, 7) is 3.65. The molecule has 1 aromatic heterocycles. The van der Waals surface area contributed by atoms with Crippen LogP contribution in [0.4, 0.5) is 20.2 Å². The van der Waals surface area contributed by atoms with Crippen LogP contribution in [0.5, 0.6) is 0 Å². The summed E-state index contributed by atoms with van der Waals surface area (Å²) < 4.78 is 29.7. The van der Waals surface area contributed by atoms with Crippen molar-refractivity contribution < 1.29 is 13.6 Å². The SMILES string of the molecule is Cc1cccc(-n2nnc(C(=O)Nc3cc(F)c(N(C)C)c(F)c3)c2C)c1.